The number of hydrogen-bond acceptors (Lipinski definition) is 5. The van der Waals surface area contributed by atoms with Gasteiger partial charge in [0.1, 0.15) is 4.90 Å². The molecule has 2 bridgehead atoms. The Morgan fingerprint density at radius 2 is 2.35 bits per heavy atom. The summed E-state index contributed by atoms with van der Waals surface area (Å²) in [6, 6.07) is -0.146. The third-order valence-corrected chi connectivity index (χ3v) is 5.42. The van der Waals surface area contributed by atoms with Crippen molar-refractivity contribution in [2.75, 3.05) is 5.73 Å². The molecule has 3 unspecified atom stereocenters. The van der Waals surface area contributed by atoms with Gasteiger partial charge in [0.25, 0.3) is 0 Å². The first-order valence-corrected chi connectivity index (χ1v) is 8.48. The molecule has 0 saturated carbocycles. The van der Waals surface area contributed by atoms with E-state index in [-0.39, 0.29) is 29.0 Å². The van der Waals surface area contributed by atoms with E-state index >= 15 is 0 Å². The predicted octanol–water partition coefficient (Wildman–Crippen LogP) is 0.473. The van der Waals surface area contributed by atoms with E-state index in [1.54, 1.807) is 4.68 Å². The van der Waals surface area contributed by atoms with Gasteiger partial charge in [-0.15, -0.1) is 0 Å². The van der Waals surface area contributed by atoms with Crippen molar-refractivity contribution in [1.29, 1.82) is 0 Å². The third-order valence-electron chi connectivity index (χ3n) is 3.91. The van der Waals surface area contributed by atoms with Gasteiger partial charge in [-0.05, 0) is 25.7 Å². The molecule has 112 valence electrons. The van der Waals surface area contributed by atoms with Crippen LogP contribution in [0.15, 0.2) is 11.1 Å². The molecule has 20 heavy (non-hydrogen) atoms. The number of nitrogens with one attached hydrogen (secondary N) is 1. The fraction of sp³-hybridized carbons (Fsp3) is 0.750. The van der Waals surface area contributed by atoms with Crippen molar-refractivity contribution in [2.24, 2.45) is 0 Å². The van der Waals surface area contributed by atoms with Crippen molar-refractivity contribution >= 4 is 15.8 Å². The van der Waals surface area contributed by atoms with Crippen LogP contribution in [0.1, 0.15) is 32.6 Å². The number of ether oxygens (including phenoxy) is 1. The summed E-state index contributed by atoms with van der Waals surface area (Å²) in [6.45, 7) is 2.65. The van der Waals surface area contributed by atoms with Gasteiger partial charge < -0.3 is 10.5 Å². The smallest absolute Gasteiger partial charge is 0.246 e. The predicted molar refractivity (Wildman–Crippen MR) is 73.6 cm³/mol. The molecule has 0 aliphatic carbocycles. The Kier molecular flexibility index (Phi) is 3.47. The van der Waals surface area contributed by atoms with Crippen LogP contribution in [0.25, 0.3) is 0 Å². The molecule has 0 spiro atoms. The maximum Gasteiger partial charge on any atom is 0.246 e. The van der Waals surface area contributed by atoms with Crippen molar-refractivity contribution in [1.82, 2.24) is 14.5 Å². The molecule has 0 amide bonds. The molecule has 3 atom stereocenters. The van der Waals surface area contributed by atoms with E-state index in [4.69, 9.17) is 10.5 Å². The van der Waals surface area contributed by atoms with Crippen LogP contribution in [0.2, 0.25) is 0 Å². The zero-order chi connectivity index (χ0) is 14.3. The Balaban J connectivity index is 1.78. The van der Waals surface area contributed by atoms with Crippen molar-refractivity contribution < 1.29 is 13.2 Å². The quantitative estimate of drug-likeness (QED) is 0.823. The normalized spacial score (nSPS) is 29.1. The van der Waals surface area contributed by atoms with E-state index in [9.17, 15) is 8.42 Å². The monoisotopic (exact) mass is 300 g/mol. The van der Waals surface area contributed by atoms with Gasteiger partial charge in [0.15, 0.2) is 5.82 Å². The maximum atomic E-state index is 12.4. The number of hydrogen-bond donors (Lipinski definition) is 2. The van der Waals surface area contributed by atoms with E-state index in [2.05, 4.69) is 9.82 Å². The Morgan fingerprint density at radius 3 is 2.95 bits per heavy atom. The SMILES string of the molecule is CCCn1cc(S(=O)(=O)NC2CC3CCC2O3)c(N)n1. The average Bonchev–Trinajstić information content (AvgIpc) is 3.04. The summed E-state index contributed by atoms with van der Waals surface area (Å²) in [5.74, 6) is 0.0509. The standard InChI is InChI=1S/C12H20N4O3S/c1-2-5-16-7-11(12(13)14-16)20(17,18)15-9-6-8-3-4-10(9)19-8/h7-10,15H,2-6H2,1H3,(H2,13,14). The maximum absolute atomic E-state index is 12.4. The Hall–Kier alpha value is -1.12. The fourth-order valence-electron chi connectivity index (χ4n) is 2.99. The molecule has 1 aromatic rings. The first kappa shape index (κ1) is 13.8. The second-order valence-electron chi connectivity index (χ2n) is 5.48. The number of sulfonamides is 1. The molecule has 7 nitrogen and oxygen atoms in total. The fourth-order valence-corrected chi connectivity index (χ4v) is 4.34. The first-order valence-electron chi connectivity index (χ1n) is 7.00. The van der Waals surface area contributed by atoms with Crippen molar-refractivity contribution in [3.05, 3.63) is 6.20 Å². The number of nitrogens with two attached hydrogens (primary N) is 1. The highest BCUT2D eigenvalue weighted by Crippen LogP contribution is 2.35. The molecular weight excluding hydrogens is 280 g/mol. The number of nitrogens with zero attached hydrogens (tertiary/aromatic N) is 2. The van der Waals surface area contributed by atoms with Gasteiger partial charge in [0.05, 0.1) is 18.2 Å². The number of fused-ring (bicyclic) bond motifs is 2. The number of nitrogen functional groups attached to an aromatic ring is 1. The van der Waals surface area contributed by atoms with E-state index in [1.807, 2.05) is 6.92 Å². The van der Waals surface area contributed by atoms with Crippen LogP contribution >= 0.6 is 0 Å². The Bertz CT molecular complexity index is 598. The van der Waals surface area contributed by atoms with Crippen LogP contribution in [0.5, 0.6) is 0 Å². The molecular formula is C12H20N4O3S. The molecule has 2 saturated heterocycles. The van der Waals surface area contributed by atoms with E-state index in [0.717, 1.165) is 25.7 Å². The van der Waals surface area contributed by atoms with Crippen LogP contribution in [0.3, 0.4) is 0 Å². The van der Waals surface area contributed by atoms with Crippen LogP contribution in [-0.4, -0.2) is 36.4 Å². The lowest BCUT2D eigenvalue weighted by Crippen LogP contribution is -2.41. The number of aryl methyl sites for hydroxylation is 1. The lowest BCUT2D eigenvalue weighted by molar-refractivity contribution is 0.0996. The van der Waals surface area contributed by atoms with Gasteiger partial charge in [0, 0.05) is 12.7 Å². The molecule has 8 heteroatoms. The number of anilines is 1. The first-order chi connectivity index (χ1) is 9.49. The zero-order valence-electron chi connectivity index (χ0n) is 11.4. The molecule has 2 aliphatic rings. The minimum absolute atomic E-state index is 0.00156. The summed E-state index contributed by atoms with van der Waals surface area (Å²) < 4.78 is 34.8. The van der Waals surface area contributed by atoms with Gasteiger partial charge in [-0.1, -0.05) is 6.92 Å². The highest BCUT2D eigenvalue weighted by Gasteiger charge is 2.43. The lowest BCUT2D eigenvalue weighted by Gasteiger charge is -2.19. The molecule has 3 rings (SSSR count). The Morgan fingerprint density at radius 1 is 1.55 bits per heavy atom. The lowest BCUT2D eigenvalue weighted by atomic mass is 9.96. The molecule has 3 N–H and O–H groups in total. The largest absolute Gasteiger partial charge is 0.381 e. The van der Waals surface area contributed by atoms with Gasteiger partial charge in [-0.2, -0.15) is 5.10 Å². The summed E-state index contributed by atoms with van der Waals surface area (Å²) in [5, 5.41) is 4.03. The number of aromatic nitrogens is 2. The summed E-state index contributed by atoms with van der Waals surface area (Å²) in [7, 11) is -3.63. The summed E-state index contributed by atoms with van der Waals surface area (Å²) >= 11 is 0. The van der Waals surface area contributed by atoms with Crippen LogP contribution < -0.4 is 10.5 Å². The minimum Gasteiger partial charge on any atom is -0.381 e. The van der Waals surface area contributed by atoms with Crippen molar-refractivity contribution in [3.63, 3.8) is 0 Å². The average molecular weight is 300 g/mol. The van der Waals surface area contributed by atoms with Crippen molar-refractivity contribution in [2.45, 2.75) is 62.3 Å². The molecule has 0 aromatic carbocycles. The van der Waals surface area contributed by atoms with E-state index in [0.29, 0.717) is 6.54 Å². The van der Waals surface area contributed by atoms with Crippen LogP contribution in [0.4, 0.5) is 5.82 Å². The van der Waals surface area contributed by atoms with E-state index in [1.165, 1.54) is 6.20 Å². The second kappa shape index (κ2) is 5.01. The molecule has 2 aliphatic heterocycles. The third kappa shape index (κ3) is 2.43. The molecule has 2 fully saturated rings. The zero-order valence-corrected chi connectivity index (χ0v) is 12.3. The molecule has 1 aromatic heterocycles. The van der Waals surface area contributed by atoms with E-state index < -0.39 is 10.0 Å². The van der Waals surface area contributed by atoms with Gasteiger partial charge in [0.2, 0.25) is 10.0 Å². The van der Waals surface area contributed by atoms with Gasteiger partial charge in [-0.25, -0.2) is 13.1 Å². The minimum atomic E-state index is -3.63. The highest BCUT2D eigenvalue weighted by atomic mass is 32.2. The van der Waals surface area contributed by atoms with Crippen LogP contribution in [-0.2, 0) is 21.3 Å². The topological polar surface area (TPSA) is 99.2 Å². The molecule has 0 radical (unpaired) electrons. The summed E-state index contributed by atoms with van der Waals surface area (Å²) in [4.78, 5) is 0.0636. The summed E-state index contributed by atoms with van der Waals surface area (Å²) in [5.41, 5.74) is 5.73. The second-order valence-corrected chi connectivity index (χ2v) is 7.16. The van der Waals surface area contributed by atoms with Gasteiger partial charge >= 0.3 is 0 Å². The van der Waals surface area contributed by atoms with Crippen molar-refractivity contribution in [3.8, 4) is 0 Å². The van der Waals surface area contributed by atoms with Crippen LogP contribution in [0, 0.1) is 0 Å². The molecule has 3 heterocycles. The number of rotatable bonds is 5. The summed E-state index contributed by atoms with van der Waals surface area (Å²) in [6.07, 6.45) is 5.26. The highest BCUT2D eigenvalue weighted by molar-refractivity contribution is 7.89. The Labute approximate surface area is 118 Å². The van der Waals surface area contributed by atoms with Gasteiger partial charge in [-0.3, -0.25) is 4.68 Å².